The van der Waals surface area contributed by atoms with Crippen LogP contribution in [0.5, 0.6) is 5.75 Å². The molecule has 148 valence electrons. The van der Waals surface area contributed by atoms with Gasteiger partial charge in [0.1, 0.15) is 18.9 Å². The summed E-state index contributed by atoms with van der Waals surface area (Å²) in [7, 11) is 0. The lowest BCUT2D eigenvalue weighted by Gasteiger charge is -2.10. The first-order valence-corrected chi connectivity index (χ1v) is 9.68. The highest BCUT2D eigenvalue weighted by Crippen LogP contribution is 2.25. The Labute approximate surface area is 168 Å². The van der Waals surface area contributed by atoms with E-state index in [9.17, 15) is 4.79 Å². The number of carbonyl (C=O) groups excluding carboxylic acids is 1. The second-order valence-electron chi connectivity index (χ2n) is 6.68. The fourth-order valence-corrected chi connectivity index (χ4v) is 3.59. The van der Waals surface area contributed by atoms with Crippen molar-refractivity contribution in [2.45, 2.75) is 20.0 Å². The number of rotatable bonds is 7. The molecule has 0 fully saturated rings. The number of nitrogens with one attached hydrogen (secondary N) is 1. The van der Waals surface area contributed by atoms with Crippen molar-refractivity contribution in [3.05, 3.63) is 72.3 Å². The molecule has 4 rings (SSSR count). The number of aromatic nitrogens is 2. The van der Waals surface area contributed by atoms with Gasteiger partial charge in [0.05, 0.1) is 24.2 Å². The smallest absolute Gasteiger partial charge is 0.326 e. The predicted molar refractivity (Wildman–Crippen MR) is 112 cm³/mol. The molecule has 1 aromatic heterocycles. The fourth-order valence-electron chi connectivity index (χ4n) is 3.59. The molecule has 0 atom stereocenters. The molecule has 6 nitrogen and oxygen atoms in total. The summed E-state index contributed by atoms with van der Waals surface area (Å²) in [6, 6.07) is 21.8. The number of ether oxygens (including phenoxy) is 2. The number of carbonyl (C=O) groups is 1. The van der Waals surface area contributed by atoms with E-state index >= 15 is 0 Å². The van der Waals surface area contributed by atoms with Gasteiger partial charge in [0.25, 0.3) is 0 Å². The van der Waals surface area contributed by atoms with E-state index in [4.69, 9.17) is 14.9 Å². The van der Waals surface area contributed by atoms with Crippen molar-refractivity contribution in [3.8, 4) is 5.75 Å². The first-order valence-electron chi connectivity index (χ1n) is 9.68. The van der Waals surface area contributed by atoms with Crippen LogP contribution in [0.15, 0.2) is 66.7 Å². The summed E-state index contributed by atoms with van der Waals surface area (Å²) in [6.07, 6.45) is 0. The molecule has 0 aliphatic heterocycles. The van der Waals surface area contributed by atoms with Crippen LogP contribution in [-0.2, 0) is 22.6 Å². The van der Waals surface area contributed by atoms with Crippen LogP contribution in [0.3, 0.4) is 0 Å². The quantitative estimate of drug-likeness (QED) is 0.490. The standard InChI is InChI=1S/C23H23N3O3/c1-2-28-22(27)16-26-20-12-6-5-11-19(20)25(23(26)24)14-15-29-21-13-7-9-17-8-3-4-10-18(17)21/h3-13,24H,2,14-16H2,1H3. The van der Waals surface area contributed by atoms with E-state index in [0.29, 0.717) is 19.8 Å². The Balaban J connectivity index is 1.59. The number of imidazole rings is 1. The molecule has 0 spiro atoms. The van der Waals surface area contributed by atoms with Crippen LogP contribution >= 0.6 is 0 Å². The summed E-state index contributed by atoms with van der Waals surface area (Å²) < 4.78 is 14.6. The third-order valence-electron chi connectivity index (χ3n) is 4.89. The highest BCUT2D eigenvalue weighted by molar-refractivity contribution is 5.88. The molecule has 0 aliphatic rings. The first-order chi connectivity index (χ1) is 14.2. The molecule has 0 saturated heterocycles. The molecule has 0 radical (unpaired) electrons. The monoisotopic (exact) mass is 389 g/mol. The molecule has 3 aromatic carbocycles. The number of esters is 1. The molecule has 6 heteroatoms. The van der Waals surface area contributed by atoms with Crippen molar-refractivity contribution in [1.29, 1.82) is 5.41 Å². The second-order valence-corrected chi connectivity index (χ2v) is 6.68. The van der Waals surface area contributed by atoms with Gasteiger partial charge in [0.2, 0.25) is 5.62 Å². The van der Waals surface area contributed by atoms with Crippen molar-refractivity contribution in [3.63, 3.8) is 0 Å². The van der Waals surface area contributed by atoms with Crippen LogP contribution in [-0.4, -0.2) is 28.3 Å². The van der Waals surface area contributed by atoms with E-state index in [-0.39, 0.29) is 18.1 Å². The van der Waals surface area contributed by atoms with Gasteiger partial charge in [-0.1, -0.05) is 48.5 Å². The maximum atomic E-state index is 12.0. The first kappa shape index (κ1) is 18.8. The van der Waals surface area contributed by atoms with Crippen LogP contribution in [0, 0.1) is 5.41 Å². The Morgan fingerprint density at radius 1 is 0.931 bits per heavy atom. The summed E-state index contributed by atoms with van der Waals surface area (Å²) in [5.41, 5.74) is 1.97. The number of hydrogen-bond acceptors (Lipinski definition) is 4. The molecule has 0 unspecified atom stereocenters. The second kappa shape index (κ2) is 8.22. The van der Waals surface area contributed by atoms with E-state index in [1.54, 1.807) is 11.5 Å². The maximum Gasteiger partial charge on any atom is 0.326 e. The fraction of sp³-hybridized carbons (Fsp3) is 0.217. The molecule has 0 saturated carbocycles. The molecule has 29 heavy (non-hydrogen) atoms. The van der Waals surface area contributed by atoms with E-state index in [1.165, 1.54) is 0 Å². The average Bonchev–Trinajstić information content (AvgIpc) is 3.00. The minimum Gasteiger partial charge on any atom is -0.491 e. The van der Waals surface area contributed by atoms with Gasteiger partial charge in [-0.2, -0.15) is 0 Å². The van der Waals surface area contributed by atoms with Gasteiger partial charge in [-0.25, -0.2) is 0 Å². The lowest BCUT2D eigenvalue weighted by atomic mass is 10.1. The SMILES string of the molecule is CCOC(=O)Cn1c(=N)n(CCOc2cccc3ccccc23)c2ccccc21. The Morgan fingerprint density at radius 3 is 2.41 bits per heavy atom. The Hall–Kier alpha value is -3.54. The summed E-state index contributed by atoms with van der Waals surface area (Å²) in [5.74, 6) is 0.478. The van der Waals surface area contributed by atoms with Crippen LogP contribution in [0.4, 0.5) is 0 Å². The minimum atomic E-state index is -0.346. The number of para-hydroxylation sites is 2. The third-order valence-corrected chi connectivity index (χ3v) is 4.89. The molecular weight excluding hydrogens is 366 g/mol. The Bertz CT molecular complexity index is 1220. The Morgan fingerprint density at radius 2 is 1.62 bits per heavy atom. The van der Waals surface area contributed by atoms with Gasteiger partial charge >= 0.3 is 5.97 Å². The van der Waals surface area contributed by atoms with Crippen molar-refractivity contribution < 1.29 is 14.3 Å². The zero-order valence-corrected chi connectivity index (χ0v) is 16.3. The third kappa shape index (κ3) is 3.74. The largest absolute Gasteiger partial charge is 0.491 e. The molecule has 0 bridgehead atoms. The Kier molecular flexibility index (Phi) is 5.33. The van der Waals surface area contributed by atoms with Crippen LogP contribution in [0.25, 0.3) is 21.8 Å². The van der Waals surface area contributed by atoms with Gasteiger partial charge in [-0.15, -0.1) is 0 Å². The van der Waals surface area contributed by atoms with Gasteiger partial charge in [-0.05, 0) is 30.5 Å². The van der Waals surface area contributed by atoms with Crippen LogP contribution in [0.2, 0.25) is 0 Å². The van der Waals surface area contributed by atoms with Gasteiger partial charge in [0.15, 0.2) is 0 Å². The van der Waals surface area contributed by atoms with E-state index < -0.39 is 0 Å². The highest BCUT2D eigenvalue weighted by atomic mass is 16.5. The van der Waals surface area contributed by atoms with Crippen molar-refractivity contribution in [2.24, 2.45) is 0 Å². The van der Waals surface area contributed by atoms with E-state index in [1.807, 2.05) is 59.2 Å². The molecule has 4 aromatic rings. The van der Waals surface area contributed by atoms with Crippen molar-refractivity contribution in [2.75, 3.05) is 13.2 Å². The molecule has 1 N–H and O–H groups in total. The summed E-state index contributed by atoms with van der Waals surface area (Å²) >= 11 is 0. The zero-order chi connectivity index (χ0) is 20.2. The average molecular weight is 389 g/mol. The molecule has 0 aliphatic carbocycles. The lowest BCUT2D eigenvalue weighted by molar-refractivity contribution is -0.143. The number of benzene rings is 3. The van der Waals surface area contributed by atoms with Crippen LogP contribution in [0.1, 0.15) is 6.92 Å². The van der Waals surface area contributed by atoms with Crippen molar-refractivity contribution >= 4 is 27.8 Å². The topological polar surface area (TPSA) is 69.2 Å². The van der Waals surface area contributed by atoms with E-state index in [2.05, 4.69) is 12.1 Å². The van der Waals surface area contributed by atoms with Crippen LogP contribution < -0.4 is 10.4 Å². The normalized spacial score (nSPS) is 11.1. The lowest BCUT2D eigenvalue weighted by Crippen LogP contribution is -2.29. The number of fused-ring (bicyclic) bond motifs is 2. The molecule has 0 amide bonds. The maximum absolute atomic E-state index is 12.0. The highest BCUT2D eigenvalue weighted by Gasteiger charge is 2.14. The van der Waals surface area contributed by atoms with E-state index in [0.717, 1.165) is 27.6 Å². The summed E-state index contributed by atoms with van der Waals surface area (Å²) in [6.45, 7) is 3.03. The predicted octanol–water partition coefficient (Wildman–Crippen LogP) is 3.72. The van der Waals surface area contributed by atoms with Gasteiger partial charge in [-0.3, -0.25) is 14.8 Å². The van der Waals surface area contributed by atoms with Gasteiger partial charge in [0, 0.05) is 5.39 Å². The molecular formula is C23H23N3O3. The minimum absolute atomic E-state index is 0.0182. The number of hydrogen-bond donors (Lipinski definition) is 1. The summed E-state index contributed by atoms with van der Waals surface area (Å²) in [5, 5.41) is 10.8. The summed E-state index contributed by atoms with van der Waals surface area (Å²) in [4.78, 5) is 12.0. The van der Waals surface area contributed by atoms with Crippen molar-refractivity contribution in [1.82, 2.24) is 9.13 Å². The zero-order valence-electron chi connectivity index (χ0n) is 16.3. The number of nitrogens with zero attached hydrogens (tertiary/aromatic N) is 2. The van der Waals surface area contributed by atoms with Gasteiger partial charge < -0.3 is 14.0 Å². The molecule has 1 heterocycles.